The van der Waals surface area contributed by atoms with E-state index >= 15 is 0 Å². The summed E-state index contributed by atoms with van der Waals surface area (Å²) in [7, 11) is 0. The van der Waals surface area contributed by atoms with Crippen LogP contribution in [0.15, 0.2) is 0 Å². The molecule has 0 rings (SSSR count). The number of carboxylic acid groups (broad SMARTS) is 3. The van der Waals surface area contributed by atoms with Gasteiger partial charge in [-0.15, -0.1) is 0 Å². The second kappa shape index (κ2) is 34.6. The molecular weight excluding hydrogens is 427 g/mol. The molecule has 0 bridgehead atoms. The van der Waals surface area contributed by atoms with E-state index < -0.39 is 23.9 Å². The third-order valence-corrected chi connectivity index (χ3v) is 3.69. The van der Waals surface area contributed by atoms with Gasteiger partial charge in [0.25, 0.3) is 17.9 Å². The predicted octanol–water partition coefficient (Wildman–Crippen LogP) is 0.932. The number of nitrogens with two attached hydrogens (primary N) is 2. The molecule has 188 valence electrons. The number of hydrogen-bond donors (Lipinski definition) is 5. The van der Waals surface area contributed by atoms with Crippen molar-refractivity contribution in [1.29, 1.82) is 0 Å². The maximum absolute atomic E-state index is 11.4. The van der Waals surface area contributed by atoms with Crippen LogP contribution in [0.4, 0.5) is 0 Å². The minimum Gasteiger partial charge on any atom is -1.00 e. The Morgan fingerprint density at radius 3 is 1.19 bits per heavy atom. The van der Waals surface area contributed by atoms with Crippen LogP contribution in [-0.4, -0.2) is 51.6 Å². The van der Waals surface area contributed by atoms with Crippen LogP contribution in [0, 0.1) is 0 Å². The van der Waals surface area contributed by atoms with Crippen molar-refractivity contribution in [2.45, 2.75) is 111 Å². The Morgan fingerprint density at radius 1 is 0.688 bits per heavy atom. The zero-order chi connectivity index (χ0) is 25.1. The van der Waals surface area contributed by atoms with Crippen molar-refractivity contribution in [3.05, 3.63) is 0 Å². The van der Waals surface area contributed by atoms with Gasteiger partial charge >= 0.3 is 29.6 Å². The number of ketones is 1. The average molecular weight is 475 g/mol. The van der Waals surface area contributed by atoms with Gasteiger partial charge in [-0.05, 0) is 6.42 Å². The van der Waals surface area contributed by atoms with Gasteiger partial charge in [0.2, 0.25) is 0 Å². The minimum atomic E-state index is -0.833. The normalized spacial score (nSPS) is 9.81. The molecule has 1 atom stereocenters. The third-order valence-electron chi connectivity index (χ3n) is 3.69. The van der Waals surface area contributed by atoms with Gasteiger partial charge in [0.15, 0.2) is 5.78 Å². The molecule has 1 unspecified atom stereocenters. The van der Waals surface area contributed by atoms with Crippen molar-refractivity contribution in [3.8, 4) is 0 Å². The number of unbranched alkanes of at least 4 members (excludes halogenated alkanes) is 10. The van der Waals surface area contributed by atoms with Crippen molar-refractivity contribution >= 4 is 23.7 Å². The van der Waals surface area contributed by atoms with Gasteiger partial charge in [-0.3, -0.25) is 19.2 Å². The largest absolute Gasteiger partial charge is 1.00 e. The summed E-state index contributed by atoms with van der Waals surface area (Å²) in [6.07, 6.45) is 14.9. The fourth-order valence-corrected chi connectivity index (χ4v) is 2.28. The molecule has 0 aromatic carbocycles. The molecule has 9 nitrogen and oxygen atoms in total. The van der Waals surface area contributed by atoms with E-state index in [1.807, 2.05) is 0 Å². The van der Waals surface area contributed by atoms with Gasteiger partial charge in [-0.25, -0.2) is 0 Å². The number of rotatable bonds is 14. The van der Waals surface area contributed by atoms with Gasteiger partial charge in [-0.1, -0.05) is 71.1 Å². The molecule has 0 spiro atoms. The fraction of sp³-hybridized carbons (Fsp3) is 0.818. The van der Waals surface area contributed by atoms with Gasteiger partial charge < -0.3 is 28.2 Å². The maximum atomic E-state index is 11.4. The summed E-state index contributed by atoms with van der Waals surface area (Å²) in [6.45, 7) is 5.78. The van der Waals surface area contributed by atoms with E-state index in [-0.39, 0.29) is 43.3 Å². The summed E-state index contributed by atoms with van der Waals surface area (Å²) in [5.74, 6) is -2.38. The molecule has 0 radical (unpaired) electrons. The summed E-state index contributed by atoms with van der Waals surface area (Å²) < 4.78 is 0. The Bertz CT molecular complexity index is 416. The van der Waals surface area contributed by atoms with Crippen molar-refractivity contribution < 1.29 is 65.5 Å². The number of aliphatic carboxylic acids is 3. The van der Waals surface area contributed by atoms with E-state index in [9.17, 15) is 4.79 Å². The van der Waals surface area contributed by atoms with Crippen molar-refractivity contribution in [2.24, 2.45) is 11.5 Å². The van der Waals surface area contributed by atoms with Crippen LogP contribution in [0.25, 0.3) is 0 Å². The van der Waals surface area contributed by atoms with Crippen LogP contribution in [0.1, 0.15) is 106 Å². The number of carbonyl (C=O) groups is 4. The van der Waals surface area contributed by atoms with Crippen LogP contribution in [0.3, 0.4) is 0 Å². The van der Waals surface area contributed by atoms with Crippen LogP contribution in [0.2, 0.25) is 0 Å². The molecule has 10 heteroatoms. The first-order valence-corrected chi connectivity index (χ1v) is 11.0. The molecule has 0 heterocycles. The molecule has 0 amide bonds. The zero-order valence-electron chi connectivity index (χ0n) is 21.9. The van der Waals surface area contributed by atoms with E-state index in [1.54, 1.807) is 0 Å². The molecule has 0 saturated carbocycles. The second-order valence-electron chi connectivity index (χ2n) is 7.15. The first-order chi connectivity index (χ1) is 14.4. The first-order valence-electron chi connectivity index (χ1n) is 11.0. The van der Waals surface area contributed by atoms with Gasteiger partial charge in [-0.2, -0.15) is 0 Å². The first kappa shape index (κ1) is 41.3. The molecule has 0 aliphatic heterocycles. The smallest absolute Gasteiger partial charge is 1.00 e. The van der Waals surface area contributed by atoms with Gasteiger partial charge in [0, 0.05) is 33.7 Å². The van der Waals surface area contributed by atoms with E-state index in [0.717, 1.165) is 33.6 Å². The Labute approximate surface area is 217 Å². The van der Waals surface area contributed by atoms with Gasteiger partial charge in [0.1, 0.15) is 0 Å². The van der Waals surface area contributed by atoms with Crippen molar-refractivity contribution in [2.75, 3.05) is 6.54 Å². The standard InChI is InChI=1S/C16H34N2O.3C2H4O2.Na.H/c1-2-3-4-5-6-7-8-9-10-11-12-13-16(19)15(18)14-17;3*1-2(3)4;;/h15H,2-14,17-18H2,1H3;3*1H3,(H,3,4);;/q;;;;+1;-1. The molecule has 0 aliphatic rings. The Balaban J connectivity index is -0.000000108. The van der Waals surface area contributed by atoms with E-state index in [4.69, 9.17) is 41.2 Å². The van der Waals surface area contributed by atoms with E-state index in [1.165, 1.54) is 57.8 Å². The molecule has 0 fully saturated rings. The van der Waals surface area contributed by atoms with Crippen molar-refractivity contribution in [1.82, 2.24) is 0 Å². The molecule has 0 saturated heterocycles. The molecule has 0 aromatic heterocycles. The Kier molecular flexibility index (Phi) is 44.6. The Hall–Kier alpha value is -1.000. The molecular formula is C22H47N2NaO7. The quantitative estimate of drug-likeness (QED) is 0.181. The molecule has 32 heavy (non-hydrogen) atoms. The molecule has 0 aromatic rings. The molecule has 0 aliphatic carbocycles. The minimum absolute atomic E-state index is 0. The monoisotopic (exact) mass is 474 g/mol. The number of carbonyl (C=O) groups excluding carboxylic acids is 1. The number of carboxylic acids is 3. The molecule has 7 N–H and O–H groups in total. The average Bonchev–Trinajstić information content (AvgIpc) is 2.64. The van der Waals surface area contributed by atoms with Crippen LogP contribution in [-0.2, 0) is 19.2 Å². The van der Waals surface area contributed by atoms with Crippen molar-refractivity contribution in [3.63, 3.8) is 0 Å². The summed E-state index contributed by atoms with van der Waals surface area (Å²) in [6, 6.07) is -0.442. The maximum Gasteiger partial charge on any atom is 1.00 e. The summed E-state index contributed by atoms with van der Waals surface area (Å²) in [5.41, 5.74) is 10.9. The second-order valence-corrected chi connectivity index (χ2v) is 7.15. The summed E-state index contributed by atoms with van der Waals surface area (Å²) in [5, 5.41) is 22.2. The third kappa shape index (κ3) is 70.2. The topological polar surface area (TPSA) is 181 Å². The van der Waals surface area contributed by atoms with Crippen LogP contribution in [0.5, 0.6) is 0 Å². The van der Waals surface area contributed by atoms with E-state index in [0.29, 0.717) is 6.42 Å². The van der Waals surface area contributed by atoms with Crippen LogP contribution >= 0.6 is 0 Å². The zero-order valence-corrected chi connectivity index (χ0v) is 22.9. The SMILES string of the molecule is CC(=O)O.CC(=O)O.CC(=O)O.CCCCCCCCCCCCCC(=O)C(N)CN.[H-].[Na+]. The number of Topliss-reactive ketones (excluding diaryl/α,β-unsaturated/α-hetero) is 1. The Morgan fingerprint density at radius 2 is 0.938 bits per heavy atom. The van der Waals surface area contributed by atoms with Crippen LogP contribution < -0.4 is 41.0 Å². The summed E-state index contributed by atoms with van der Waals surface area (Å²) in [4.78, 5) is 38.4. The number of hydrogen-bond acceptors (Lipinski definition) is 6. The predicted molar refractivity (Wildman–Crippen MR) is 124 cm³/mol. The summed E-state index contributed by atoms with van der Waals surface area (Å²) >= 11 is 0. The fourth-order valence-electron chi connectivity index (χ4n) is 2.28. The van der Waals surface area contributed by atoms with Gasteiger partial charge in [0.05, 0.1) is 6.04 Å². The van der Waals surface area contributed by atoms with E-state index in [2.05, 4.69) is 6.92 Å².